The summed E-state index contributed by atoms with van der Waals surface area (Å²) in [7, 11) is -0.903. The highest BCUT2D eigenvalue weighted by Gasteiger charge is 2.52. The molecule has 5 nitrogen and oxygen atoms in total. The number of hydrogen-bond acceptors (Lipinski definition) is 4. The van der Waals surface area contributed by atoms with E-state index in [0.29, 0.717) is 0 Å². The van der Waals surface area contributed by atoms with Crippen LogP contribution in [0.15, 0.2) is 12.1 Å². The monoisotopic (exact) mass is 327 g/mol. The van der Waals surface area contributed by atoms with Gasteiger partial charge in [-0.1, -0.05) is 0 Å². The van der Waals surface area contributed by atoms with E-state index < -0.39 is 30.1 Å². The number of halogens is 3. The number of nitrogens with one attached hydrogen (secondary N) is 1. The van der Waals surface area contributed by atoms with Crippen molar-refractivity contribution in [3.05, 3.63) is 17.7 Å². The van der Waals surface area contributed by atoms with Gasteiger partial charge in [-0.15, -0.1) is 0 Å². The number of nitrogens with two attached hydrogens (primary N) is 1. The molecule has 3 N–H and O–H groups in total. The number of H-pyrrole nitrogens is 1. The Morgan fingerprint density at radius 1 is 1.13 bits per heavy atom. The van der Waals surface area contributed by atoms with Gasteiger partial charge in [-0.3, -0.25) is 5.10 Å². The second-order valence-corrected chi connectivity index (χ2v) is 6.69. The maximum absolute atomic E-state index is 13.3. The number of aromatic amines is 1. The van der Waals surface area contributed by atoms with Gasteiger partial charge >= 0.3 is 13.3 Å². The van der Waals surface area contributed by atoms with Crippen LogP contribution in [-0.2, 0) is 15.5 Å². The number of alkyl halides is 3. The third kappa shape index (κ3) is 2.47. The molecule has 0 amide bonds. The molecule has 1 aromatic heterocycles. The molecule has 0 radical (unpaired) electrons. The minimum absolute atomic E-state index is 0.00358. The minimum atomic E-state index is -4.54. The Bertz CT molecular complexity index is 754. The first kappa shape index (κ1) is 16.1. The average Bonchev–Trinajstić information content (AvgIpc) is 2.86. The smallest absolute Gasteiger partial charge is 0.399 e. The van der Waals surface area contributed by atoms with Crippen molar-refractivity contribution >= 4 is 29.3 Å². The van der Waals surface area contributed by atoms with Crippen LogP contribution in [-0.4, -0.2) is 28.5 Å². The molecule has 0 aliphatic carbocycles. The highest BCUT2D eigenvalue weighted by Crippen LogP contribution is 2.38. The summed E-state index contributed by atoms with van der Waals surface area (Å²) in [6.07, 6.45) is -4.54. The summed E-state index contributed by atoms with van der Waals surface area (Å²) in [5, 5.41) is 6.20. The van der Waals surface area contributed by atoms with E-state index in [0.717, 1.165) is 6.07 Å². The van der Waals surface area contributed by atoms with Crippen molar-refractivity contribution in [2.75, 3.05) is 5.73 Å². The number of hydrogen-bond donors (Lipinski definition) is 2. The molecular formula is C14H17BF3N3O2. The second kappa shape index (κ2) is 4.64. The van der Waals surface area contributed by atoms with Crippen LogP contribution in [0, 0.1) is 0 Å². The fraction of sp³-hybridized carbons (Fsp3) is 0.500. The van der Waals surface area contributed by atoms with Gasteiger partial charge in [0.25, 0.3) is 0 Å². The molecule has 0 unspecified atom stereocenters. The number of benzene rings is 1. The standard InChI is InChI=1S/C14H17BF3N3O2/c1-12(2)13(3,4)23-15(22-12)7-5-8-10(20-21-11(8)19)9(6-7)14(16,17)18/h5-6H,1-4H3,(H3,19,20,21). The lowest BCUT2D eigenvalue weighted by Gasteiger charge is -2.32. The van der Waals surface area contributed by atoms with E-state index in [9.17, 15) is 13.2 Å². The average molecular weight is 327 g/mol. The van der Waals surface area contributed by atoms with Crippen LogP contribution < -0.4 is 11.2 Å². The highest BCUT2D eigenvalue weighted by atomic mass is 19.4. The molecular weight excluding hydrogens is 310 g/mol. The molecule has 1 saturated heterocycles. The van der Waals surface area contributed by atoms with Crippen molar-refractivity contribution in [1.29, 1.82) is 0 Å². The molecule has 0 spiro atoms. The van der Waals surface area contributed by atoms with Crippen LogP contribution in [0.25, 0.3) is 10.9 Å². The maximum Gasteiger partial charge on any atom is 0.494 e. The fourth-order valence-electron chi connectivity index (χ4n) is 2.50. The third-order valence-electron chi connectivity index (χ3n) is 4.56. The van der Waals surface area contributed by atoms with Gasteiger partial charge in [0, 0.05) is 5.39 Å². The molecule has 23 heavy (non-hydrogen) atoms. The Morgan fingerprint density at radius 2 is 1.70 bits per heavy atom. The van der Waals surface area contributed by atoms with Crippen molar-refractivity contribution in [3.63, 3.8) is 0 Å². The fourth-order valence-corrected chi connectivity index (χ4v) is 2.50. The van der Waals surface area contributed by atoms with Gasteiger partial charge in [0.05, 0.1) is 22.3 Å². The van der Waals surface area contributed by atoms with E-state index in [4.69, 9.17) is 15.0 Å². The first-order valence-corrected chi connectivity index (χ1v) is 7.13. The Hall–Kier alpha value is -1.74. The van der Waals surface area contributed by atoms with Crippen molar-refractivity contribution in [2.24, 2.45) is 0 Å². The van der Waals surface area contributed by atoms with E-state index >= 15 is 0 Å². The molecule has 1 aliphatic heterocycles. The summed E-state index contributed by atoms with van der Waals surface area (Å²) < 4.78 is 51.6. The molecule has 0 saturated carbocycles. The van der Waals surface area contributed by atoms with Crippen molar-refractivity contribution < 1.29 is 22.5 Å². The summed E-state index contributed by atoms with van der Waals surface area (Å²) in [4.78, 5) is 0. The van der Waals surface area contributed by atoms with Gasteiger partial charge < -0.3 is 15.0 Å². The SMILES string of the molecule is CC1(C)OB(c2cc(C(F)(F)F)c3[nH]nc(N)c3c2)OC1(C)C. The van der Waals surface area contributed by atoms with Gasteiger partial charge in [-0.05, 0) is 45.3 Å². The number of nitrogens with zero attached hydrogens (tertiary/aromatic N) is 1. The van der Waals surface area contributed by atoms with Gasteiger partial charge in [0.2, 0.25) is 0 Å². The van der Waals surface area contributed by atoms with E-state index in [1.165, 1.54) is 6.07 Å². The summed E-state index contributed by atoms with van der Waals surface area (Å²) in [6.45, 7) is 7.34. The first-order chi connectivity index (χ1) is 10.4. The number of aromatic nitrogens is 2. The van der Waals surface area contributed by atoms with E-state index in [2.05, 4.69) is 10.2 Å². The van der Waals surface area contributed by atoms with Gasteiger partial charge in [0.15, 0.2) is 5.82 Å². The van der Waals surface area contributed by atoms with Crippen LogP contribution in [0.1, 0.15) is 33.3 Å². The summed E-state index contributed by atoms with van der Waals surface area (Å²) in [5.41, 5.74) is 3.65. The first-order valence-electron chi connectivity index (χ1n) is 7.13. The zero-order valence-electron chi connectivity index (χ0n) is 13.2. The molecule has 0 bridgehead atoms. The largest absolute Gasteiger partial charge is 0.494 e. The molecule has 3 rings (SSSR count). The Labute approximate surface area is 131 Å². The van der Waals surface area contributed by atoms with Crippen LogP contribution in [0.4, 0.5) is 19.0 Å². The Balaban J connectivity index is 2.15. The predicted molar refractivity (Wildman–Crippen MR) is 81.2 cm³/mol. The summed E-state index contributed by atoms with van der Waals surface area (Å²) >= 11 is 0. The number of anilines is 1. The summed E-state index contributed by atoms with van der Waals surface area (Å²) in [6, 6.07) is 2.54. The molecule has 2 aromatic rings. The zero-order chi connectivity index (χ0) is 17.2. The Kier molecular flexibility index (Phi) is 3.25. The lowest BCUT2D eigenvalue weighted by Crippen LogP contribution is -2.41. The van der Waals surface area contributed by atoms with Gasteiger partial charge in [-0.25, -0.2) is 0 Å². The third-order valence-corrected chi connectivity index (χ3v) is 4.56. The van der Waals surface area contributed by atoms with Gasteiger partial charge in [-0.2, -0.15) is 18.3 Å². The van der Waals surface area contributed by atoms with E-state index in [1.807, 2.05) is 27.7 Å². The normalized spacial score (nSPS) is 20.4. The lowest BCUT2D eigenvalue weighted by atomic mass is 9.77. The van der Waals surface area contributed by atoms with Crippen molar-refractivity contribution in [3.8, 4) is 0 Å². The van der Waals surface area contributed by atoms with Crippen LogP contribution >= 0.6 is 0 Å². The minimum Gasteiger partial charge on any atom is -0.399 e. The van der Waals surface area contributed by atoms with Crippen LogP contribution in [0.5, 0.6) is 0 Å². The van der Waals surface area contributed by atoms with Crippen LogP contribution in [0.2, 0.25) is 0 Å². The molecule has 1 aromatic carbocycles. The number of rotatable bonds is 1. The van der Waals surface area contributed by atoms with Gasteiger partial charge in [0.1, 0.15) is 0 Å². The highest BCUT2D eigenvalue weighted by molar-refractivity contribution is 6.62. The molecule has 9 heteroatoms. The molecule has 124 valence electrons. The topological polar surface area (TPSA) is 73.2 Å². The lowest BCUT2D eigenvalue weighted by molar-refractivity contribution is -0.136. The molecule has 2 heterocycles. The van der Waals surface area contributed by atoms with E-state index in [-0.39, 0.29) is 22.2 Å². The zero-order valence-corrected chi connectivity index (χ0v) is 13.2. The van der Waals surface area contributed by atoms with E-state index in [1.54, 1.807) is 0 Å². The number of fused-ring (bicyclic) bond motifs is 1. The number of nitrogen functional groups attached to an aromatic ring is 1. The molecule has 1 aliphatic rings. The quantitative estimate of drug-likeness (QED) is 0.789. The molecule has 1 fully saturated rings. The van der Waals surface area contributed by atoms with Crippen molar-refractivity contribution in [1.82, 2.24) is 10.2 Å². The van der Waals surface area contributed by atoms with Crippen LogP contribution in [0.3, 0.4) is 0 Å². The molecule has 0 atom stereocenters. The van der Waals surface area contributed by atoms with Crippen molar-refractivity contribution in [2.45, 2.75) is 45.1 Å². The summed E-state index contributed by atoms with van der Waals surface area (Å²) in [5.74, 6) is 0.00358. The maximum atomic E-state index is 13.3. The second-order valence-electron chi connectivity index (χ2n) is 6.69. The Morgan fingerprint density at radius 3 is 2.22 bits per heavy atom. The predicted octanol–water partition coefficient (Wildman–Crippen LogP) is 2.46.